The Balaban J connectivity index is 1.84. The maximum absolute atomic E-state index is 12.3. The molecule has 7 nitrogen and oxygen atoms in total. The van der Waals surface area contributed by atoms with Crippen molar-refractivity contribution >= 4 is 29.5 Å². The van der Waals surface area contributed by atoms with Crippen LogP contribution in [0.25, 0.3) is 0 Å². The molecule has 0 saturated carbocycles. The van der Waals surface area contributed by atoms with E-state index in [1.165, 1.54) is 11.8 Å². The van der Waals surface area contributed by atoms with Gasteiger partial charge in [-0.25, -0.2) is 0 Å². The summed E-state index contributed by atoms with van der Waals surface area (Å²) in [5, 5.41) is -0.0720. The van der Waals surface area contributed by atoms with Gasteiger partial charge in [0.1, 0.15) is 0 Å². The van der Waals surface area contributed by atoms with E-state index in [4.69, 9.17) is 4.74 Å². The largest absolute Gasteiger partial charge is 0.378 e. The Bertz CT molecular complexity index is 432. The van der Waals surface area contributed by atoms with Crippen LogP contribution in [0, 0.1) is 0 Å². The van der Waals surface area contributed by atoms with E-state index < -0.39 is 11.8 Å². The number of carbonyl (C=O) groups is 3. The molecule has 2 aliphatic rings. The summed E-state index contributed by atoms with van der Waals surface area (Å²) in [6, 6.07) is 0. The van der Waals surface area contributed by atoms with Crippen molar-refractivity contribution in [3.63, 3.8) is 0 Å². The fraction of sp³-hybridized carbons (Fsp3) is 0.786. The van der Waals surface area contributed by atoms with Crippen molar-refractivity contribution in [3.8, 4) is 0 Å². The molecule has 2 aliphatic heterocycles. The molecule has 0 aliphatic carbocycles. The van der Waals surface area contributed by atoms with Gasteiger partial charge in [0.25, 0.3) is 0 Å². The lowest BCUT2D eigenvalue weighted by atomic mass is 10.2. The molecule has 0 aromatic rings. The van der Waals surface area contributed by atoms with Gasteiger partial charge in [-0.3, -0.25) is 14.4 Å². The van der Waals surface area contributed by atoms with Crippen LogP contribution in [0.2, 0.25) is 0 Å². The Hall–Kier alpha value is -1.28. The summed E-state index contributed by atoms with van der Waals surface area (Å²) in [5.41, 5.74) is 0. The van der Waals surface area contributed by atoms with E-state index in [0.717, 1.165) is 0 Å². The second-order valence-corrected chi connectivity index (χ2v) is 6.58. The SMILES string of the molecule is CS[C@H](C)C(=O)N1CCN(C(=O)C(=O)N2CCOCC2)CC1. The van der Waals surface area contributed by atoms with Gasteiger partial charge in [0.15, 0.2) is 0 Å². The van der Waals surface area contributed by atoms with Crippen molar-refractivity contribution in [2.24, 2.45) is 0 Å². The molecule has 2 heterocycles. The predicted molar refractivity (Wildman–Crippen MR) is 83.5 cm³/mol. The van der Waals surface area contributed by atoms with Gasteiger partial charge < -0.3 is 19.4 Å². The first kappa shape index (κ1) is 17.1. The van der Waals surface area contributed by atoms with E-state index in [1.54, 1.807) is 14.7 Å². The number of ether oxygens (including phenoxy) is 1. The van der Waals surface area contributed by atoms with E-state index in [2.05, 4.69) is 0 Å². The smallest absolute Gasteiger partial charge is 0.312 e. The third-order valence-electron chi connectivity index (χ3n) is 4.06. The molecular formula is C14H23N3O4S. The minimum Gasteiger partial charge on any atom is -0.378 e. The van der Waals surface area contributed by atoms with Crippen LogP contribution < -0.4 is 0 Å². The molecule has 124 valence electrons. The predicted octanol–water partition coefficient (Wildman–Crippen LogP) is -0.732. The maximum Gasteiger partial charge on any atom is 0.312 e. The first-order chi connectivity index (χ1) is 10.5. The number of hydrogen-bond donors (Lipinski definition) is 0. The zero-order valence-electron chi connectivity index (χ0n) is 13.1. The van der Waals surface area contributed by atoms with Gasteiger partial charge in [0.05, 0.1) is 18.5 Å². The van der Waals surface area contributed by atoms with Gasteiger partial charge in [0, 0.05) is 39.3 Å². The Kier molecular flexibility index (Phi) is 6.07. The average Bonchev–Trinajstić information content (AvgIpc) is 2.60. The van der Waals surface area contributed by atoms with Crippen molar-refractivity contribution in [1.29, 1.82) is 0 Å². The van der Waals surface area contributed by atoms with Crippen LogP contribution >= 0.6 is 11.8 Å². The number of rotatable bonds is 2. The molecule has 0 bridgehead atoms. The molecular weight excluding hydrogens is 306 g/mol. The van der Waals surface area contributed by atoms with Crippen LogP contribution in [0.1, 0.15) is 6.92 Å². The number of nitrogens with zero attached hydrogens (tertiary/aromatic N) is 3. The number of morpholine rings is 1. The van der Waals surface area contributed by atoms with Gasteiger partial charge >= 0.3 is 11.8 Å². The van der Waals surface area contributed by atoms with Gasteiger partial charge in [-0.15, -0.1) is 0 Å². The highest BCUT2D eigenvalue weighted by molar-refractivity contribution is 7.99. The van der Waals surface area contributed by atoms with Crippen molar-refractivity contribution in [2.75, 3.05) is 58.7 Å². The normalized spacial score (nSPS) is 20.7. The minimum atomic E-state index is -0.466. The quantitative estimate of drug-likeness (QED) is 0.625. The highest BCUT2D eigenvalue weighted by Gasteiger charge is 2.32. The van der Waals surface area contributed by atoms with Crippen molar-refractivity contribution < 1.29 is 19.1 Å². The van der Waals surface area contributed by atoms with Crippen LogP contribution in [-0.2, 0) is 19.1 Å². The third kappa shape index (κ3) is 3.92. The average molecular weight is 329 g/mol. The van der Waals surface area contributed by atoms with E-state index in [-0.39, 0.29) is 11.2 Å². The van der Waals surface area contributed by atoms with Crippen molar-refractivity contribution in [2.45, 2.75) is 12.2 Å². The summed E-state index contributed by atoms with van der Waals surface area (Å²) >= 11 is 1.51. The molecule has 0 unspecified atom stereocenters. The van der Waals surface area contributed by atoms with Crippen LogP contribution in [-0.4, -0.2) is 96.4 Å². The molecule has 8 heteroatoms. The second-order valence-electron chi connectivity index (χ2n) is 5.40. The standard InChI is InChI=1S/C14H23N3O4S/c1-11(22-2)12(18)15-3-5-16(6-4-15)13(19)14(20)17-7-9-21-10-8-17/h11H,3-10H2,1-2H3/t11-/m1/s1. The molecule has 2 rings (SSSR count). The lowest BCUT2D eigenvalue weighted by Crippen LogP contribution is -2.56. The Morgan fingerprint density at radius 1 is 0.864 bits per heavy atom. The molecule has 0 N–H and O–H groups in total. The molecule has 3 amide bonds. The zero-order valence-corrected chi connectivity index (χ0v) is 13.9. The summed E-state index contributed by atoms with van der Waals surface area (Å²) in [6.45, 7) is 5.60. The number of hydrogen-bond acceptors (Lipinski definition) is 5. The first-order valence-electron chi connectivity index (χ1n) is 7.52. The van der Waals surface area contributed by atoms with Crippen LogP contribution in [0.4, 0.5) is 0 Å². The number of piperazine rings is 1. The fourth-order valence-electron chi connectivity index (χ4n) is 2.52. The zero-order chi connectivity index (χ0) is 16.1. The topological polar surface area (TPSA) is 70.2 Å². The molecule has 0 aromatic heterocycles. The van der Waals surface area contributed by atoms with E-state index in [1.807, 2.05) is 13.2 Å². The Morgan fingerprint density at radius 2 is 1.32 bits per heavy atom. The summed E-state index contributed by atoms with van der Waals surface area (Å²) < 4.78 is 5.18. The van der Waals surface area contributed by atoms with Gasteiger partial charge in [-0.2, -0.15) is 11.8 Å². The van der Waals surface area contributed by atoms with Crippen molar-refractivity contribution in [1.82, 2.24) is 14.7 Å². The molecule has 0 aromatic carbocycles. The molecule has 0 spiro atoms. The highest BCUT2D eigenvalue weighted by atomic mass is 32.2. The Morgan fingerprint density at radius 3 is 1.82 bits per heavy atom. The van der Waals surface area contributed by atoms with E-state index >= 15 is 0 Å². The molecule has 1 atom stereocenters. The second kappa shape index (κ2) is 7.82. The van der Waals surface area contributed by atoms with E-state index in [9.17, 15) is 14.4 Å². The highest BCUT2D eigenvalue weighted by Crippen LogP contribution is 2.12. The first-order valence-corrected chi connectivity index (χ1v) is 8.81. The molecule has 22 heavy (non-hydrogen) atoms. The fourth-order valence-corrected chi connectivity index (χ4v) is 2.88. The monoisotopic (exact) mass is 329 g/mol. The third-order valence-corrected chi connectivity index (χ3v) is 4.97. The summed E-state index contributed by atoms with van der Waals surface area (Å²) in [4.78, 5) is 41.4. The molecule has 0 radical (unpaired) electrons. The van der Waals surface area contributed by atoms with Gasteiger partial charge in [-0.05, 0) is 13.2 Å². The lowest BCUT2D eigenvalue weighted by molar-refractivity contribution is -0.155. The molecule has 2 fully saturated rings. The van der Waals surface area contributed by atoms with Crippen molar-refractivity contribution in [3.05, 3.63) is 0 Å². The number of thioether (sulfide) groups is 1. The van der Waals surface area contributed by atoms with Crippen LogP contribution in [0.5, 0.6) is 0 Å². The van der Waals surface area contributed by atoms with Crippen LogP contribution in [0.3, 0.4) is 0 Å². The summed E-state index contributed by atoms with van der Waals surface area (Å²) in [7, 11) is 0. The molecule has 2 saturated heterocycles. The Labute approximate surface area is 134 Å². The minimum absolute atomic E-state index is 0.0720. The van der Waals surface area contributed by atoms with E-state index in [0.29, 0.717) is 52.5 Å². The lowest BCUT2D eigenvalue weighted by Gasteiger charge is -2.36. The van der Waals surface area contributed by atoms with Gasteiger partial charge in [0.2, 0.25) is 5.91 Å². The number of amides is 3. The van der Waals surface area contributed by atoms with Crippen LogP contribution in [0.15, 0.2) is 0 Å². The maximum atomic E-state index is 12.3. The summed E-state index contributed by atoms with van der Waals surface area (Å²) in [6.07, 6.45) is 1.91. The number of carbonyl (C=O) groups excluding carboxylic acids is 3. The summed E-state index contributed by atoms with van der Waals surface area (Å²) in [5.74, 6) is -0.827. The van der Waals surface area contributed by atoms with Gasteiger partial charge in [-0.1, -0.05) is 0 Å².